The van der Waals surface area contributed by atoms with E-state index in [1.54, 1.807) is 0 Å². The summed E-state index contributed by atoms with van der Waals surface area (Å²) in [4.78, 5) is 34.6. The van der Waals surface area contributed by atoms with Crippen molar-refractivity contribution in [3.05, 3.63) is 0 Å². The van der Waals surface area contributed by atoms with Crippen LogP contribution in [0.1, 0.15) is 47.5 Å². The molecule has 0 rings (SSSR count). The Morgan fingerprint density at radius 2 is 1.70 bits per heavy atom. The molecule has 2 atom stereocenters. The van der Waals surface area contributed by atoms with Gasteiger partial charge in [0.25, 0.3) is 0 Å². The maximum absolute atomic E-state index is 11.8. The van der Waals surface area contributed by atoms with Gasteiger partial charge in [0.15, 0.2) is 0 Å². The second-order valence-electron chi connectivity index (χ2n) is 5.37. The fourth-order valence-electron chi connectivity index (χ4n) is 1.68. The lowest BCUT2D eigenvalue weighted by atomic mass is 9.96. The molecule has 7 heteroatoms. The minimum absolute atomic E-state index is 0.0285. The van der Waals surface area contributed by atoms with E-state index in [4.69, 9.17) is 5.11 Å². The van der Waals surface area contributed by atoms with Crippen LogP contribution in [0.25, 0.3) is 0 Å². The van der Waals surface area contributed by atoms with Crippen LogP contribution in [-0.2, 0) is 9.59 Å². The van der Waals surface area contributed by atoms with Crippen LogP contribution in [0.4, 0.5) is 4.79 Å². The first-order valence-corrected chi connectivity index (χ1v) is 6.74. The zero-order chi connectivity index (χ0) is 15.9. The molecule has 0 saturated carbocycles. The molecule has 0 aliphatic carbocycles. The van der Waals surface area contributed by atoms with Crippen LogP contribution < -0.4 is 16.0 Å². The fourth-order valence-corrected chi connectivity index (χ4v) is 1.68. The van der Waals surface area contributed by atoms with Crippen LogP contribution in [0.2, 0.25) is 0 Å². The average Bonchev–Trinajstić information content (AvgIpc) is 2.27. The number of amides is 3. The lowest BCUT2D eigenvalue weighted by Gasteiger charge is -2.26. The summed E-state index contributed by atoms with van der Waals surface area (Å²) in [5.41, 5.74) is -1.34. The first kappa shape index (κ1) is 18.2. The van der Waals surface area contributed by atoms with Crippen LogP contribution in [0.5, 0.6) is 0 Å². The van der Waals surface area contributed by atoms with Crippen molar-refractivity contribution in [1.29, 1.82) is 0 Å². The zero-order valence-corrected chi connectivity index (χ0v) is 12.7. The molecule has 4 N–H and O–H groups in total. The number of carbonyl (C=O) groups is 3. The average molecular weight is 287 g/mol. The zero-order valence-electron chi connectivity index (χ0n) is 12.7. The molecular formula is C13H25N3O4. The topological polar surface area (TPSA) is 108 Å². The third-order valence-electron chi connectivity index (χ3n) is 2.78. The highest BCUT2D eigenvalue weighted by molar-refractivity contribution is 5.89. The highest BCUT2D eigenvalue weighted by Crippen LogP contribution is 2.12. The maximum atomic E-state index is 11.8. The van der Waals surface area contributed by atoms with E-state index < -0.39 is 23.6 Å². The Hall–Kier alpha value is -1.79. The van der Waals surface area contributed by atoms with Crippen molar-refractivity contribution in [2.24, 2.45) is 0 Å². The van der Waals surface area contributed by atoms with Crippen molar-refractivity contribution < 1.29 is 19.5 Å². The molecule has 0 saturated heterocycles. The van der Waals surface area contributed by atoms with Gasteiger partial charge in [-0.05, 0) is 34.1 Å². The fraction of sp³-hybridized carbons (Fsp3) is 0.769. The molecule has 3 amide bonds. The third-order valence-corrected chi connectivity index (χ3v) is 2.78. The molecule has 0 aromatic rings. The van der Waals surface area contributed by atoms with Gasteiger partial charge in [-0.2, -0.15) is 0 Å². The van der Waals surface area contributed by atoms with Crippen molar-refractivity contribution in [2.45, 2.75) is 65.1 Å². The van der Waals surface area contributed by atoms with Gasteiger partial charge >= 0.3 is 12.0 Å². The summed E-state index contributed by atoms with van der Waals surface area (Å²) in [7, 11) is 0. The van der Waals surface area contributed by atoms with Gasteiger partial charge < -0.3 is 21.1 Å². The summed E-state index contributed by atoms with van der Waals surface area (Å²) in [6.45, 7) is 8.44. The van der Waals surface area contributed by atoms with Crippen LogP contribution in [-0.4, -0.2) is 40.6 Å². The first-order chi connectivity index (χ1) is 9.12. The van der Waals surface area contributed by atoms with Gasteiger partial charge in [-0.25, -0.2) is 9.59 Å². The standard InChI is InChI=1S/C13H25N3O4/c1-6-7-13(5,11(18)19)16-12(20)15-9(4)10(17)14-8(2)3/h8-9H,6-7H2,1-5H3,(H,14,17)(H,18,19)(H2,15,16,20). The van der Waals surface area contributed by atoms with Crippen molar-refractivity contribution >= 4 is 17.9 Å². The molecule has 0 bridgehead atoms. The number of carboxylic acid groups (broad SMARTS) is 1. The molecule has 0 aliphatic heterocycles. The second-order valence-corrected chi connectivity index (χ2v) is 5.37. The summed E-state index contributed by atoms with van der Waals surface area (Å²) < 4.78 is 0. The first-order valence-electron chi connectivity index (χ1n) is 6.74. The quantitative estimate of drug-likeness (QED) is 0.556. The van der Waals surface area contributed by atoms with Crippen LogP contribution in [0, 0.1) is 0 Å². The summed E-state index contributed by atoms with van der Waals surface area (Å²) in [6, 6.07) is -1.44. The van der Waals surface area contributed by atoms with Gasteiger partial charge in [-0.1, -0.05) is 13.3 Å². The largest absolute Gasteiger partial charge is 0.480 e. The molecule has 0 heterocycles. The highest BCUT2D eigenvalue weighted by Gasteiger charge is 2.34. The van der Waals surface area contributed by atoms with Crippen molar-refractivity contribution in [1.82, 2.24) is 16.0 Å². The van der Waals surface area contributed by atoms with E-state index in [1.807, 2.05) is 20.8 Å². The number of urea groups is 1. The van der Waals surface area contributed by atoms with Crippen molar-refractivity contribution in [2.75, 3.05) is 0 Å². The molecular weight excluding hydrogens is 262 g/mol. The normalized spacial score (nSPS) is 15.1. The minimum Gasteiger partial charge on any atom is -0.480 e. The lowest BCUT2D eigenvalue weighted by molar-refractivity contribution is -0.144. The van der Waals surface area contributed by atoms with E-state index in [2.05, 4.69) is 16.0 Å². The highest BCUT2D eigenvalue weighted by atomic mass is 16.4. The number of rotatable bonds is 7. The van der Waals surface area contributed by atoms with Gasteiger partial charge in [-0.3, -0.25) is 4.79 Å². The third kappa shape index (κ3) is 5.90. The molecule has 2 unspecified atom stereocenters. The molecule has 0 spiro atoms. The Kier molecular flexibility index (Phi) is 7.02. The molecule has 116 valence electrons. The number of hydrogen-bond donors (Lipinski definition) is 4. The molecule has 7 nitrogen and oxygen atoms in total. The van der Waals surface area contributed by atoms with Crippen molar-refractivity contribution in [3.8, 4) is 0 Å². The Bertz CT molecular complexity index is 371. The Labute approximate surface area is 119 Å². The molecule has 0 radical (unpaired) electrons. The van der Waals surface area contributed by atoms with E-state index in [-0.39, 0.29) is 11.9 Å². The molecule has 0 aliphatic rings. The van der Waals surface area contributed by atoms with E-state index in [0.29, 0.717) is 12.8 Å². The number of carbonyl (C=O) groups excluding carboxylic acids is 2. The Morgan fingerprint density at radius 3 is 2.10 bits per heavy atom. The van der Waals surface area contributed by atoms with E-state index in [0.717, 1.165) is 0 Å². The summed E-state index contributed by atoms with van der Waals surface area (Å²) in [5.74, 6) is -1.42. The van der Waals surface area contributed by atoms with Gasteiger partial charge in [0.2, 0.25) is 5.91 Å². The van der Waals surface area contributed by atoms with Crippen LogP contribution in [0.15, 0.2) is 0 Å². The van der Waals surface area contributed by atoms with Gasteiger partial charge in [0.1, 0.15) is 11.6 Å². The maximum Gasteiger partial charge on any atom is 0.329 e. The van der Waals surface area contributed by atoms with Gasteiger partial charge in [0.05, 0.1) is 0 Å². The Morgan fingerprint density at radius 1 is 1.15 bits per heavy atom. The lowest BCUT2D eigenvalue weighted by Crippen LogP contribution is -2.58. The molecule has 20 heavy (non-hydrogen) atoms. The van der Waals surface area contributed by atoms with Gasteiger partial charge in [0, 0.05) is 6.04 Å². The number of nitrogens with one attached hydrogen (secondary N) is 3. The second kappa shape index (κ2) is 7.72. The Balaban J connectivity index is 4.54. The number of aliphatic carboxylic acids is 1. The summed E-state index contributed by atoms with van der Waals surface area (Å²) in [5, 5.41) is 16.6. The number of hydrogen-bond acceptors (Lipinski definition) is 3. The summed E-state index contributed by atoms with van der Waals surface area (Å²) in [6.07, 6.45) is 0.925. The predicted octanol–water partition coefficient (Wildman–Crippen LogP) is 0.842. The minimum atomic E-state index is -1.34. The van der Waals surface area contributed by atoms with E-state index in [9.17, 15) is 14.4 Å². The number of carboxylic acids is 1. The van der Waals surface area contributed by atoms with E-state index >= 15 is 0 Å². The smallest absolute Gasteiger partial charge is 0.329 e. The molecule has 0 fully saturated rings. The van der Waals surface area contributed by atoms with E-state index in [1.165, 1.54) is 13.8 Å². The molecule has 0 aromatic heterocycles. The monoisotopic (exact) mass is 287 g/mol. The predicted molar refractivity (Wildman–Crippen MR) is 75.4 cm³/mol. The van der Waals surface area contributed by atoms with Crippen LogP contribution >= 0.6 is 0 Å². The van der Waals surface area contributed by atoms with Crippen LogP contribution in [0.3, 0.4) is 0 Å². The van der Waals surface area contributed by atoms with Crippen molar-refractivity contribution in [3.63, 3.8) is 0 Å². The van der Waals surface area contributed by atoms with Gasteiger partial charge in [-0.15, -0.1) is 0 Å². The SMILES string of the molecule is CCCC(C)(NC(=O)NC(C)C(=O)NC(C)C)C(=O)O. The summed E-state index contributed by atoms with van der Waals surface area (Å²) >= 11 is 0. The molecule has 0 aromatic carbocycles.